The molecule has 3 aromatic rings. The lowest BCUT2D eigenvalue weighted by atomic mass is 10.1. The van der Waals surface area contributed by atoms with Crippen molar-refractivity contribution in [3.8, 4) is 11.5 Å². The van der Waals surface area contributed by atoms with E-state index in [1.807, 2.05) is 37.3 Å². The monoisotopic (exact) mass is 392 g/mol. The maximum atomic E-state index is 12.8. The van der Waals surface area contributed by atoms with Crippen LogP contribution in [0.4, 0.5) is 17.2 Å². The Kier molecular flexibility index (Phi) is 6.29. The number of hydrogen-bond donors (Lipinski definition) is 2. The van der Waals surface area contributed by atoms with Gasteiger partial charge in [0.05, 0.1) is 19.9 Å². The fourth-order valence-corrected chi connectivity index (χ4v) is 2.97. The molecule has 29 heavy (non-hydrogen) atoms. The Labute approximate surface area is 170 Å². The smallest absolute Gasteiger partial charge is 0.274 e. The van der Waals surface area contributed by atoms with Crippen LogP contribution in [0.5, 0.6) is 11.5 Å². The molecule has 0 atom stereocenters. The van der Waals surface area contributed by atoms with E-state index in [4.69, 9.17) is 9.47 Å². The highest BCUT2D eigenvalue weighted by atomic mass is 16.5. The van der Waals surface area contributed by atoms with Gasteiger partial charge >= 0.3 is 0 Å². The molecule has 0 radical (unpaired) electrons. The van der Waals surface area contributed by atoms with Gasteiger partial charge in [0.2, 0.25) is 0 Å². The Morgan fingerprint density at radius 2 is 1.90 bits per heavy atom. The molecule has 1 amide bonds. The molecule has 0 spiro atoms. The van der Waals surface area contributed by atoms with Crippen LogP contribution in [0.25, 0.3) is 0 Å². The number of aryl methyl sites for hydroxylation is 2. The van der Waals surface area contributed by atoms with Crippen molar-refractivity contribution in [3.63, 3.8) is 0 Å². The third-order valence-corrected chi connectivity index (χ3v) is 4.55. The Morgan fingerprint density at radius 1 is 1.07 bits per heavy atom. The number of anilines is 3. The summed E-state index contributed by atoms with van der Waals surface area (Å²) in [5, 5.41) is 6.13. The summed E-state index contributed by atoms with van der Waals surface area (Å²) in [5.74, 6) is 1.47. The number of carbonyl (C=O) groups excluding carboxylic acids is 1. The Bertz CT molecular complexity index is 1020. The average molecular weight is 392 g/mol. The fraction of sp³-hybridized carbons (Fsp3) is 0.227. The second-order valence-electron chi connectivity index (χ2n) is 6.40. The van der Waals surface area contributed by atoms with Crippen molar-refractivity contribution in [2.24, 2.45) is 0 Å². The van der Waals surface area contributed by atoms with E-state index in [0.717, 1.165) is 23.2 Å². The van der Waals surface area contributed by atoms with E-state index in [0.29, 0.717) is 23.0 Å². The van der Waals surface area contributed by atoms with E-state index in [2.05, 4.69) is 27.5 Å². The van der Waals surface area contributed by atoms with E-state index in [9.17, 15) is 4.79 Å². The predicted molar refractivity (Wildman–Crippen MR) is 113 cm³/mol. The van der Waals surface area contributed by atoms with Gasteiger partial charge in [0.25, 0.3) is 5.91 Å². The minimum Gasteiger partial charge on any atom is -0.497 e. The van der Waals surface area contributed by atoms with Crippen molar-refractivity contribution >= 4 is 23.1 Å². The maximum Gasteiger partial charge on any atom is 0.274 e. The first-order chi connectivity index (χ1) is 14.0. The Morgan fingerprint density at radius 3 is 2.62 bits per heavy atom. The number of amides is 1. The van der Waals surface area contributed by atoms with Gasteiger partial charge in [-0.2, -0.15) is 0 Å². The van der Waals surface area contributed by atoms with E-state index in [-0.39, 0.29) is 11.6 Å². The molecule has 0 aliphatic carbocycles. The van der Waals surface area contributed by atoms with Gasteiger partial charge in [-0.1, -0.05) is 25.1 Å². The van der Waals surface area contributed by atoms with Gasteiger partial charge in [0.15, 0.2) is 0 Å². The summed E-state index contributed by atoms with van der Waals surface area (Å²) in [5.41, 5.74) is 3.87. The number of hydrogen-bond acceptors (Lipinski definition) is 6. The van der Waals surface area contributed by atoms with Crippen molar-refractivity contribution in [1.82, 2.24) is 9.97 Å². The largest absolute Gasteiger partial charge is 0.497 e. The molecule has 0 fully saturated rings. The summed E-state index contributed by atoms with van der Waals surface area (Å²) in [4.78, 5) is 21.1. The van der Waals surface area contributed by atoms with E-state index in [1.54, 1.807) is 26.4 Å². The number of methoxy groups -OCH3 is 2. The van der Waals surface area contributed by atoms with Gasteiger partial charge in [-0.3, -0.25) is 4.79 Å². The lowest BCUT2D eigenvalue weighted by Gasteiger charge is -2.14. The van der Waals surface area contributed by atoms with Gasteiger partial charge in [-0.15, -0.1) is 0 Å². The molecule has 0 aliphatic heterocycles. The van der Waals surface area contributed by atoms with Crippen molar-refractivity contribution < 1.29 is 14.3 Å². The number of benzene rings is 2. The van der Waals surface area contributed by atoms with Crippen LogP contribution < -0.4 is 20.1 Å². The summed E-state index contributed by atoms with van der Waals surface area (Å²) in [6.45, 7) is 4.02. The lowest BCUT2D eigenvalue weighted by molar-refractivity contribution is 0.102. The zero-order chi connectivity index (χ0) is 20.8. The third-order valence-electron chi connectivity index (χ3n) is 4.55. The number of aromatic nitrogens is 2. The van der Waals surface area contributed by atoms with E-state index < -0.39 is 0 Å². The van der Waals surface area contributed by atoms with E-state index in [1.165, 1.54) is 6.33 Å². The van der Waals surface area contributed by atoms with Crippen molar-refractivity contribution in [2.75, 3.05) is 24.9 Å². The van der Waals surface area contributed by atoms with Crippen LogP contribution in [0.15, 0.2) is 48.8 Å². The topological polar surface area (TPSA) is 85.4 Å². The summed E-state index contributed by atoms with van der Waals surface area (Å²) < 4.78 is 10.6. The van der Waals surface area contributed by atoms with E-state index >= 15 is 0 Å². The minimum absolute atomic E-state index is 0.264. The summed E-state index contributed by atoms with van der Waals surface area (Å²) in [7, 11) is 3.17. The van der Waals surface area contributed by atoms with Crippen LogP contribution in [0.3, 0.4) is 0 Å². The molecule has 0 saturated carbocycles. The van der Waals surface area contributed by atoms with Gasteiger partial charge in [0, 0.05) is 17.8 Å². The molecule has 1 heterocycles. The molecular weight excluding hydrogens is 368 g/mol. The first-order valence-electron chi connectivity index (χ1n) is 9.26. The molecular formula is C22H24N4O3. The van der Waals surface area contributed by atoms with Gasteiger partial charge < -0.3 is 20.1 Å². The van der Waals surface area contributed by atoms with Gasteiger partial charge in [0.1, 0.15) is 29.3 Å². The first-order valence-corrected chi connectivity index (χ1v) is 9.26. The maximum absolute atomic E-state index is 12.8. The number of para-hydroxylation sites is 1. The molecule has 0 aliphatic rings. The van der Waals surface area contributed by atoms with Crippen LogP contribution in [0.2, 0.25) is 0 Å². The number of rotatable bonds is 7. The number of nitrogens with one attached hydrogen (secondary N) is 2. The quantitative estimate of drug-likeness (QED) is 0.621. The second kappa shape index (κ2) is 9.05. The van der Waals surface area contributed by atoms with Crippen molar-refractivity contribution in [2.45, 2.75) is 20.3 Å². The summed E-state index contributed by atoms with van der Waals surface area (Å²) in [6, 6.07) is 13.0. The summed E-state index contributed by atoms with van der Waals surface area (Å²) >= 11 is 0. The van der Waals surface area contributed by atoms with Crippen molar-refractivity contribution in [3.05, 3.63) is 65.6 Å². The zero-order valence-electron chi connectivity index (χ0n) is 16.9. The highest BCUT2D eigenvalue weighted by Crippen LogP contribution is 2.31. The molecule has 7 nitrogen and oxygen atoms in total. The minimum atomic E-state index is -0.291. The van der Waals surface area contributed by atoms with Gasteiger partial charge in [-0.05, 0) is 36.6 Å². The Hall–Kier alpha value is -3.61. The number of nitrogens with zero attached hydrogens (tertiary/aromatic N) is 2. The van der Waals surface area contributed by atoms with Crippen LogP contribution in [0, 0.1) is 6.92 Å². The molecule has 2 N–H and O–H groups in total. The second-order valence-corrected chi connectivity index (χ2v) is 6.40. The zero-order valence-corrected chi connectivity index (χ0v) is 16.9. The highest BCUT2D eigenvalue weighted by molar-refractivity contribution is 6.04. The third kappa shape index (κ3) is 4.63. The van der Waals surface area contributed by atoms with Crippen LogP contribution >= 0.6 is 0 Å². The standard InChI is InChI=1S/C22H24N4O3/c1-5-15-8-6-7-14(2)21(15)26-22(27)18-12-20(24-13-23-18)25-17-10-9-16(28-3)11-19(17)29-4/h6-13H,5H2,1-4H3,(H,26,27)(H,23,24,25). The lowest BCUT2D eigenvalue weighted by Crippen LogP contribution is -2.16. The molecule has 2 aromatic carbocycles. The average Bonchev–Trinajstić information content (AvgIpc) is 2.75. The molecule has 0 saturated heterocycles. The molecule has 1 aromatic heterocycles. The number of ether oxygens (including phenoxy) is 2. The molecule has 150 valence electrons. The number of carbonyl (C=O) groups is 1. The normalized spacial score (nSPS) is 10.3. The summed E-state index contributed by atoms with van der Waals surface area (Å²) in [6.07, 6.45) is 2.18. The highest BCUT2D eigenvalue weighted by Gasteiger charge is 2.14. The van der Waals surface area contributed by atoms with Crippen LogP contribution in [-0.2, 0) is 6.42 Å². The SMILES string of the molecule is CCc1cccc(C)c1NC(=O)c1cc(Nc2ccc(OC)cc2OC)ncn1. The molecule has 3 rings (SSSR count). The van der Waals surface area contributed by atoms with Crippen LogP contribution in [-0.4, -0.2) is 30.1 Å². The molecule has 7 heteroatoms. The first kappa shape index (κ1) is 20.1. The fourth-order valence-electron chi connectivity index (χ4n) is 2.97. The van der Waals surface area contributed by atoms with Gasteiger partial charge in [-0.25, -0.2) is 9.97 Å². The molecule has 0 bridgehead atoms. The molecule has 0 unspecified atom stereocenters. The predicted octanol–water partition coefficient (Wildman–Crippen LogP) is 4.36. The van der Waals surface area contributed by atoms with Crippen LogP contribution in [0.1, 0.15) is 28.5 Å². The van der Waals surface area contributed by atoms with Crippen molar-refractivity contribution in [1.29, 1.82) is 0 Å². The Balaban J connectivity index is 1.82.